The zero-order valence-corrected chi connectivity index (χ0v) is 15.6. The second kappa shape index (κ2) is 6.98. The second-order valence-corrected chi connectivity index (χ2v) is 7.88. The van der Waals surface area contributed by atoms with Gasteiger partial charge in [0.25, 0.3) is 5.91 Å². The van der Waals surface area contributed by atoms with Gasteiger partial charge in [-0.2, -0.15) is 0 Å². The molecule has 2 N–H and O–H groups in total. The molecule has 2 amide bonds. The van der Waals surface area contributed by atoms with E-state index in [1.54, 1.807) is 30.3 Å². The lowest BCUT2D eigenvalue weighted by atomic mass is 9.70. The smallest absolute Gasteiger partial charge is 0.277 e. The monoisotopic (exact) mass is 384 g/mol. The number of hydrogen-bond donors (Lipinski definition) is 2. The average molecular weight is 385 g/mol. The summed E-state index contributed by atoms with van der Waals surface area (Å²) in [4.78, 5) is 24.8. The third kappa shape index (κ3) is 3.45. The van der Waals surface area contributed by atoms with Gasteiger partial charge in [-0.15, -0.1) is 0 Å². The van der Waals surface area contributed by atoms with Gasteiger partial charge in [-0.3, -0.25) is 14.8 Å². The highest BCUT2D eigenvalue weighted by Gasteiger charge is 2.44. The fourth-order valence-electron chi connectivity index (χ4n) is 4.14. The molecule has 1 fully saturated rings. The van der Waals surface area contributed by atoms with Crippen molar-refractivity contribution < 1.29 is 14.8 Å². The van der Waals surface area contributed by atoms with Crippen LogP contribution >= 0.6 is 11.6 Å². The molecule has 2 aromatic rings. The zero-order chi connectivity index (χ0) is 19.0. The van der Waals surface area contributed by atoms with E-state index in [0.717, 1.165) is 42.5 Å². The van der Waals surface area contributed by atoms with E-state index in [2.05, 4.69) is 5.32 Å². The fourth-order valence-corrected chi connectivity index (χ4v) is 4.36. The summed E-state index contributed by atoms with van der Waals surface area (Å²) >= 11 is 5.95. The van der Waals surface area contributed by atoms with Gasteiger partial charge in [0.1, 0.15) is 0 Å². The molecular weight excluding hydrogens is 364 g/mol. The molecule has 1 heterocycles. The minimum Gasteiger partial charge on any atom is -0.356 e. The van der Waals surface area contributed by atoms with Crippen molar-refractivity contribution in [2.45, 2.75) is 32.2 Å². The Balaban J connectivity index is 1.50. The normalized spacial score (nSPS) is 21.0. The average Bonchev–Trinajstić information content (AvgIpc) is 3.00. The van der Waals surface area contributed by atoms with E-state index < -0.39 is 5.91 Å². The maximum Gasteiger partial charge on any atom is 0.277 e. The molecule has 1 aliphatic carbocycles. The number of nitrogens with one attached hydrogen (secondary N) is 1. The van der Waals surface area contributed by atoms with E-state index in [1.165, 1.54) is 0 Å². The van der Waals surface area contributed by atoms with Gasteiger partial charge in [0.05, 0.1) is 12.0 Å². The molecule has 2 aromatic carbocycles. The van der Waals surface area contributed by atoms with E-state index in [4.69, 9.17) is 11.6 Å². The SMILES string of the molecule is O=C(c1ccc2c(c1)CC[C@@]1(CCNC1=O)C2)N(O)Cc1cccc(Cl)c1. The Kier molecular flexibility index (Phi) is 4.66. The van der Waals surface area contributed by atoms with Crippen LogP contribution in [0.5, 0.6) is 0 Å². The lowest BCUT2D eigenvalue weighted by Gasteiger charge is -2.32. The van der Waals surface area contributed by atoms with Crippen molar-refractivity contribution in [3.05, 3.63) is 69.7 Å². The van der Waals surface area contributed by atoms with E-state index in [-0.39, 0.29) is 17.9 Å². The Morgan fingerprint density at radius 1 is 1.19 bits per heavy atom. The van der Waals surface area contributed by atoms with Crippen molar-refractivity contribution in [1.82, 2.24) is 10.4 Å². The summed E-state index contributed by atoms with van der Waals surface area (Å²) in [5, 5.41) is 14.4. The van der Waals surface area contributed by atoms with E-state index in [9.17, 15) is 14.8 Å². The summed E-state index contributed by atoms with van der Waals surface area (Å²) in [6.07, 6.45) is 3.16. The number of nitrogens with zero attached hydrogens (tertiary/aromatic N) is 1. The molecule has 27 heavy (non-hydrogen) atoms. The Bertz CT molecular complexity index is 914. The van der Waals surface area contributed by atoms with Gasteiger partial charge in [-0.05, 0) is 66.6 Å². The maximum atomic E-state index is 12.6. The molecule has 0 radical (unpaired) electrons. The van der Waals surface area contributed by atoms with Gasteiger partial charge in [-0.1, -0.05) is 29.8 Å². The standard InChI is InChI=1S/C21H21ClN2O3/c22-18-3-1-2-14(10-18)13-24(27)19(25)16-4-5-17-12-21(7-6-15(17)11-16)8-9-23-20(21)26/h1-5,10-11,27H,6-9,12-13H2,(H,23,26)/t21-/m1/s1. The number of carbonyl (C=O) groups excluding carboxylic acids is 2. The molecule has 140 valence electrons. The third-order valence-electron chi connectivity index (χ3n) is 5.68. The number of benzene rings is 2. The first kappa shape index (κ1) is 18.0. The van der Waals surface area contributed by atoms with Gasteiger partial charge in [-0.25, -0.2) is 5.06 Å². The maximum absolute atomic E-state index is 12.6. The molecule has 0 aromatic heterocycles. The summed E-state index contributed by atoms with van der Waals surface area (Å²) in [5.74, 6) is -0.298. The van der Waals surface area contributed by atoms with Gasteiger partial charge < -0.3 is 5.32 Å². The first-order chi connectivity index (χ1) is 13.0. The first-order valence-electron chi connectivity index (χ1n) is 9.12. The first-order valence-corrected chi connectivity index (χ1v) is 9.50. The quantitative estimate of drug-likeness (QED) is 0.629. The summed E-state index contributed by atoms with van der Waals surface area (Å²) in [7, 11) is 0. The van der Waals surface area contributed by atoms with Crippen molar-refractivity contribution in [3.8, 4) is 0 Å². The molecule has 0 saturated carbocycles. The van der Waals surface area contributed by atoms with Crippen molar-refractivity contribution in [1.29, 1.82) is 0 Å². The highest BCUT2D eigenvalue weighted by molar-refractivity contribution is 6.30. The van der Waals surface area contributed by atoms with Gasteiger partial charge in [0.2, 0.25) is 5.91 Å². The molecule has 2 aliphatic rings. The summed E-state index contributed by atoms with van der Waals surface area (Å²) in [6.45, 7) is 0.813. The molecule has 1 spiro atoms. The number of aryl methyl sites for hydroxylation is 1. The van der Waals surface area contributed by atoms with E-state index in [0.29, 0.717) is 22.1 Å². The van der Waals surface area contributed by atoms with Crippen LogP contribution in [0.4, 0.5) is 0 Å². The Morgan fingerprint density at radius 3 is 2.78 bits per heavy atom. The number of rotatable bonds is 3. The minimum absolute atomic E-state index is 0.0692. The van der Waals surface area contributed by atoms with E-state index in [1.807, 2.05) is 12.1 Å². The van der Waals surface area contributed by atoms with Crippen LogP contribution in [0.15, 0.2) is 42.5 Å². The Morgan fingerprint density at radius 2 is 2.04 bits per heavy atom. The number of fused-ring (bicyclic) bond motifs is 1. The van der Waals surface area contributed by atoms with Crippen LogP contribution in [0.3, 0.4) is 0 Å². The topological polar surface area (TPSA) is 69.6 Å². The van der Waals surface area contributed by atoms with Crippen LogP contribution in [0.1, 0.15) is 39.9 Å². The van der Waals surface area contributed by atoms with Crippen LogP contribution in [0, 0.1) is 5.41 Å². The summed E-state index contributed by atoms with van der Waals surface area (Å²) in [5.41, 5.74) is 3.13. The molecule has 1 saturated heterocycles. The van der Waals surface area contributed by atoms with Crippen molar-refractivity contribution in [2.24, 2.45) is 5.41 Å². The number of hydrogen-bond acceptors (Lipinski definition) is 3. The highest BCUT2D eigenvalue weighted by atomic mass is 35.5. The van der Waals surface area contributed by atoms with Crippen LogP contribution in [-0.2, 0) is 24.2 Å². The van der Waals surface area contributed by atoms with Gasteiger partial charge in [0.15, 0.2) is 0 Å². The summed E-state index contributed by atoms with van der Waals surface area (Å²) in [6, 6.07) is 12.5. The Hall–Kier alpha value is -2.37. The predicted octanol–water partition coefficient (Wildman–Crippen LogP) is 3.37. The second-order valence-electron chi connectivity index (χ2n) is 7.44. The molecule has 4 rings (SSSR count). The third-order valence-corrected chi connectivity index (χ3v) is 5.92. The number of amides is 2. The molecule has 0 unspecified atom stereocenters. The molecule has 0 bridgehead atoms. The van der Waals surface area contributed by atoms with E-state index >= 15 is 0 Å². The molecule has 1 aliphatic heterocycles. The van der Waals surface area contributed by atoms with Gasteiger partial charge >= 0.3 is 0 Å². The number of hydroxylamine groups is 2. The largest absolute Gasteiger partial charge is 0.356 e. The van der Waals surface area contributed by atoms with Crippen molar-refractivity contribution in [3.63, 3.8) is 0 Å². The minimum atomic E-state index is -0.448. The van der Waals surface area contributed by atoms with Crippen molar-refractivity contribution in [2.75, 3.05) is 6.54 Å². The fraction of sp³-hybridized carbons (Fsp3) is 0.333. The molecule has 5 nitrogen and oxygen atoms in total. The number of carbonyl (C=O) groups is 2. The van der Waals surface area contributed by atoms with Crippen molar-refractivity contribution >= 4 is 23.4 Å². The summed E-state index contributed by atoms with van der Waals surface area (Å²) < 4.78 is 0. The Labute approximate surface area is 162 Å². The predicted molar refractivity (Wildman–Crippen MR) is 102 cm³/mol. The zero-order valence-electron chi connectivity index (χ0n) is 14.9. The van der Waals surface area contributed by atoms with Crippen LogP contribution in [0.25, 0.3) is 0 Å². The van der Waals surface area contributed by atoms with Crippen LogP contribution in [-0.4, -0.2) is 28.6 Å². The lowest BCUT2D eigenvalue weighted by Crippen LogP contribution is -2.36. The number of halogens is 1. The highest BCUT2D eigenvalue weighted by Crippen LogP contribution is 2.41. The molecular formula is C21H21ClN2O3. The van der Waals surface area contributed by atoms with Crippen LogP contribution < -0.4 is 5.32 Å². The lowest BCUT2D eigenvalue weighted by molar-refractivity contribution is -0.128. The van der Waals surface area contributed by atoms with Crippen LogP contribution in [0.2, 0.25) is 5.02 Å². The van der Waals surface area contributed by atoms with Gasteiger partial charge in [0, 0.05) is 17.1 Å². The molecule has 1 atom stereocenters. The molecule has 6 heteroatoms.